The van der Waals surface area contributed by atoms with Gasteiger partial charge in [0.1, 0.15) is 11.9 Å². The van der Waals surface area contributed by atoms with Crippen molar-refractivity contribution in [2.75, 3.05) is 5.73 Å². The Morgan fingerprint density at radius 2 is 1.93 bits per heavy atom. The van der Waals surface area contributed by atoms with E-state index in [1.165, 1.54) is 12.8 Å². The summed E-state index contributed by atoms with van der Waals surface area (Å²) in [5.41, 5.74) is 9.21. The summed E-state index contributed by atoms with van der Waals surface area (Å²) in [5.74, 6) is 0.632. The Hall–Kier alpha value is -3.13. The number of phenols is 1. The lowest BCUT2D eigenvalue weighted by Gasteiger charge is -2.28. The minimum absolute atomic E-state index is 0.105. The Kier molecular flexibility index (Phi) is 4.35. The quantitative estimate of drug-likeness (QED) is 0.626. The number of piperidine rings is 1. The number of rotatable bonds is 4. The number of ether oxygens (including phenoxy) is 1. The predicted molar refractivity (Wildman–Crippen MR) is 109 cm³/mol. The number of anilines is 1. The second kappa shape index (κ2) is 7.04. The molecular formula is C21H24N6O2. The minimum Gasteiger partial charge on any atom is -0.507 e. The molecule has 1 aromatic carbocycles. The van der Waals surface area contributed by atoms with Gasteiger partial charge in [0.2, 0.25) is 5.88 Å². The zero-order chi connectivity index (χ0) is 20.0. The molecule has 4 heterocycles. The van der Waals surface area contributed by atoms with Gasteiger partial charge in [0.05, 0.1) is 29.0 Å². The van der Waals surface area contributed by atoms with Crippen LogP contribution in [0, 0.1) is 6.92 Å². The Morgan fingerprint density at radius 1 is 1.14 bits per heavy atom. The number of hydrogen-bond donors (Lipinski definition) is 3. The number of nitrogens with two attached hydrogens (primary N) is 1. The van der Waals surface area contributed by atoms with Crippen molar-refractivity contribution in [3.63, 3.8) is 0 Å². The van der Waals surface area contributed by atoms with Crippen LogP contribution in [0.4, 0.5) is 5.69 Å². The number of phenolic OH excluding ortho intramolecular Hbond substituents is 1. The van der Waals surface area contributed by atoms with E-state index in [2.05, 4.69) is 20.6 Å². The van der Waals surface area contributed by atoms with Gasteiger partial charge in [-0.3, -0.25) is 0 Å². The molecule has 2 aliphatic heterocycles. The first-order valence-electron chi connectivity index (χ1n) is 9.97. The van der Waals surface area contributed by atoms with E-state index in [0.717, 1.165) is 24.2 Å². The minimum atomic E-state index is 0.105. The van der Waals surface area contributed by atoms with Crippen molar-refractivity contribution in [2.24, 2.45) is 0 Å². The van der Waals surface area contributed by atoms with Crippen molar-refractivity contribution in [1.29, 1.82) is 0 Å². The van der Waals surface area contributed by atoms with Crippen molar-refractivity contribution in [3.8, 4) is 28.6 Å². The molecule has 5 rings (SSSR count). The standard InChI is InChI=1S/C21H24N6O2/c1-12-18(22)11-23-27(12)15-4-5-17(20(28)10-15)19-6-7-21(26-25-19)29-16-8-13-2-3-14(9-16)24-13/h4-7,10-11,13-14,16,24,28H,2-3,8-9,22H2,1H3/t13-,14?,16-/m0/s1. The van der Waals surface area contributed by atoms with E-state index < -0.39 is 0 Å². The second-order valence-electron chi connectivity index (χ2n) is 7.90. The van der Waals surface area contributed by atoms with Crippen LogP contribution in [0.2, 0.25) is 0 Å². The van der Waals surface area contributed by atoms with Gasteiger partial charge in [-0.1, -0.05) is 0 Å². The maximum absolute atomic E-state index is 10.5. The first kappa shape index (κ1) is 17.9. The normalized spacial score (nSPS) is 23.3. The van der Waals surface area contributed by atoms with Crippen LogP contribution in [-0.2, 0) is 0 Å². The van der Waals surface area contributed by atoms with Gasteiger partial charge in [0.15, 0.2) is 0 Å². The molecule has 0 saturated carbocycles. The van der Waals surface area contributed by atoms with Crippen LogP contribution in [0.3, 0.4) is 0 Å². The molecule has 3 atom stereocenters. The molecule has 150 valence electrons. The molecule has 2 aromatic heterocycles. The first-order chi connectivity index (χ1) is 14.1. The van der Waals surface area contributed by atoms with Crippen molar-refractivity contribution < 1.29 is 9.84 Å². The molecule has 8 heteroatoms. The monoisotopic (exact) mass is 392 g/mol. The maximum Gasteiger partial charge on any atom is 0.233 e. The van der Waals surface area contributed by atoms with Crippen LogP contribution in [-0.4, -0.2) is 43.3 Å². The van der Waals surface area contributed by atoms with E-state index in [4.69, 9.17) is 10.5 Å². The van der Waals surface area contributed by atoms with Crippen LogP contribution in [0.5, 0.6) is 11.6 Å². The maximum atomic E-state index is 10.5. The van der Waals surface area contributed by atoms with Crippen LogP contribution in [0.1, 0.15) is 31.4 Å². The summed E-state index contributed by atoms with van der Waals surface area (Å²) in [6.07, 6.45) is 6.27. The number of aromatic hydroxyl groups is 1. The van der Waals surface area contributed by atoms with Gasteiger partial charge in [-0.15, -0.1) is 10.2 Å². The second-order valence-corrected chi connectivity index (χ2v) is 7.90. The number of nitrogens with zero attached hydrogens (tertiary/aromatic N) is 4. The summed E-state index contributed by atoms with van der Waals surface area (Å²) in [4.78, 5) is 0. The van der Waals surface area contributed by atoms with Crippen molar-refractivity contribution >= 4 is 5.69 Å². The highest BCUT2D eigenvalue weighted by molar-refractivity contribution is 5.68. The fourth-order valence-electron chi connectivity index (χ4n) is 4.35. The largest absolute Gasteiger partial charge is 0.507 e. The number of benzene rings is 1. The van der Waals surface area contributed by atoms with Crippen molar-refractivity contribution in [3.05, 3.63) is 42.2 Å². The Labute approximate surface area is 168 Å². The van der Waals surface area contributed by atoms with Gasteiger partial charge in [0, 0.05) is 29.8 Å². The lowest BCUT2D eigenvalue weighted by Crippen LogP contribution is -2.42. The average molecular weight is 392 g/mol. The molecule has 0 spiro atoms. The third-order valence-electron chi connectivity index (χ3n) is 5.91. The third-order valence-corrected chi connectivity index (χ3v) is 5.91. The van der Waals surface area contributed by atoms with Gasteiger partial charge in [-0.25, -0.2) is 4.68 Å². The molecule has 0 aliphatic carbocycles. The van der Waals surface area contributed by atoms with Crippen LogP contribution < -0.4 is 15.8 Å². The van der Waals surface area contributed by atoms with E-state index in [1.54, 1.807) is 23.0 Å². The summed E-state index contributed by atoms with van der Waals surface area (Å²) in [7, 11) is 0. The molecule has 1 unspecified atom stereocenters. The number of nitrogens with one attached hydrogen (secondary N) is 1. The number of fused-ring (bicyclic) bond motifs is 2. The SMILES string of the molecule is Cc1c(N)cnn1-c1ccc(-c2ccc(O[C@@H]3CC4CC[C@@H](C3)N4)nn2)c(O)c1. The lowest BCUT2D eigenvalue weighted by atomic mass is 10.0. The molecular weight excluding hydrogens is 368 g/mol. The molecule has 2 aliphatic rings. The number of aromatic nitrogens is 4. The van der Waals surface area contributed by atoms with Gasteiger partial charge in [0.25, 0.3) is 0 Å². The molecule has 8 nitrogen and oxygen atoms in total. The zero-order valence-corrected chi connectivity index (χ0v) is 16.2. The summed E-state index contributed by atoms with van der Waals surface area (Å²) >= 11 is 0. The molecule has 3 aromatic rings. The highest BCUT2D eigenvalue weighted by Gasteiger charge is 2.34. The highest BCUT2D eigenvalue weighted by Crippen LogP contribution is 2.32. The average Bonchev–Trinajstić information content (AvgIpc) is 3.23. The Bertz CT molecular complexity index is 1020. The van der Waals surface area contributed by atoms with Crippen molar-refractivity contribution in [2.45, 2.75) is 50.8 Å². The summed E-state index contributed by atoms with van der Waals surface area (Å²) < 4.78 is 7.74. The molecule has 2 saturated heterocycles. The smallest absolute Gasteiger partial charge is 0.233 e. The van der Waals surface area contributed by atoms with Crippen molar-refractivity contribution in [1.82, 2.24) is 25.3 Å². The summed E-state index contributed by atoms with van der Waals surface area (Å²) in [6, 6.07) is 10.1. The number of nitrogen functional groups attached to an aromatic ring is 1. The topological polar surface area (TPSA) is 111 Å². The Balaban J connectivity index is 1.32. The van der Waals surface area contributed by atoms with E-state index >= 15 is 0 Å². The molecule has 29 heavy (non-hydrogen) atoms. The van der Waals surface area contributed by atoms with E-state index in [1.807, 2.05) is 25.1 Å². The Morgan fingerprint density at radius 3 is 2.55 bits per heavy atom. The first-order valence-corrected chi connectivity index (χ1v) is 9.97. The van der Waals surface area contributed by atoms with Gasteiger partial charge < -0.3 is 20.9 Å². The summed E-state index contributed by atoms with van der Waals surface area (Å²) in [5, 5.41) is 26.9. The third kappa shape index (κ3) is 3.40. The summed E-state index contributed by atoms with van der Waals surface area (Å²) in [6.45, 7) is 1.88. The fourth-order valence-corrected chi connectivity index (χ4v) is 4.35. The molecule has 0 radical (unpaired) electrons. The van der Waals surface area contributed by atoms with E-state index in [9.17, 15) is 5.11 Å². The molecule has 0 amide bonds. The van der Waals surface area contributed by atoms with Crippen LogP contribution in [0.15, 0.2) is 36.5 Å². The van der Waals surface area contributed by atoms with Gasteiger partial charge >= 0.3 is 0 Å². The van der Waals surface area contributed by atoms with E-state index in [0.29, 0.717) is 34.9 Å². The molecule has 4 N–H and O–H groups in total. The van der Waals surface area contributed by atoms with Gasteiger partial charge in [-0.2, -0.15) is 5.10 Å². The molecule has 2 fully saturated rings. The van der Waals surface area contributed by atoms with Crippen LogP contribution >= 0.6 is 0 Å². The van der Waals surface area contributed by atoms with Crippen LogP contribution in [0.25, 0.3) is 16.9 Å². The van der Waals surface area contributed by atoms with E-state index in [-0.39, 0.29) is 11.9 Å². The predicted octanol–water partition coefficient (Wildman–Crippen LogP) is 2.59. The highest BCUT2D eigenvalue weighted by atomic mass is 16.5. The zero-order valence-electron chi connectivity index (χ0n) is 16.2. The van der Waals surface area contributed by atoms with Gasteiger partial charge in [-0.05, 0) is 50.8 Å². The fraction of sp³-hybridized carbons (Fsp3) is 0.381. The molecule has 2 bridgehead atoms. The number of hydrogen-bond acceptors (Lipinski definition) is 7. The lowest BCUT2D eigenvalue weighted by molar-refractivity contribution is 0.130.